The average molecular weight is 356 g/mol. The molecule has 1 N–H and O–H groups in total. The minimum Gasteiger partial charge on any atom is -0.488 e. The summed E-state index contributed by atoms with van der Waals surface area (Å²) in [6.07, 6.45) is 4.74. The third-order valence-corrected chi connectivity index (χ3v) is 4.65. The first kappa shape index (κ1) is 17.1. The number of H-pyrrole nitrogens is 1. The smallest absolute Gasteiger partial charge is 0.122 e. The summed E-state index contributed by atoms with van der Waals surface area (Å²) >= 11 is 0. The number of aromatic nitrogens is 4. The summed E-state index contributed by atoms with van der Waals surface area (Å²) in [7, 11) is 0. The number of hydrogen-bond acceptors (Lipinski definition) is 5. The van der Waals surface area contributed by atoms with Crippen molar-refractivity contribution in [2.75, 3.05) is 26.4 Å². The van der Waals surface area contributed by atoms with Crippen molar-refractivity contribution in [3.8, 4) is 17.0 Å². The number of nitrogens with zero attached hydrogens (tertiary/aromatic N) is 3. The number of hydrogen-bond donors (Lipinski definition) is 1. The van der Waals surface area contributed by atoms with E-state index in [1.807, 2.05) is 35.3 Å². The standard InChI is InChI=1S/C19H24N4O3/c1-3-15-12-25-7-6-24-11-13(2)23-10-14(9-20-23)19-17-8-16(26-15)4-5-18(17)21-22-19/h4-5,8-10,13,15H,3,6-7,11-12H2,1-2H3,(H,21,22)/t13-,15-/m0/s1. The van der Waals surface area contributed by atoms with Crippen molar-refractivity contribution in [1.29, 1.82) is 0 Å². The van der Waals surface area contributed by atoms with Gasteiger partial charge in [0.25, 0.3) is 0 Å². The molecule has 0 fully saturated rings. The number of benzene rings is 1. The van der Waals surface area contributed by atoms with Crippen LogP contribution in [0.4, 0.5) is 0 Å². The molecule has 3 aromatic rings. The fraction of sp³-hybridized carbons (Fsp3) is 0.474. The zero-order chi connectivity index (χ0) is 17.9. The van der Waals surface area contributed by atoms with E-state index in [0.717, 1.165) is 34.3 Å². The van der Waals surface area contributed by atoms with Crippen LogP contribution in [-0.4, -0.2) is 52.5 Å². The molecule has 4 bridgehead atoms. The van der Waals surface area contributed by atoms with Gasteiger partial charge >= 0.3 is 0 Å². The van der Waals surface area contributed by atoms with E-state index < -0.39 is 0 Å². The summed E-state index contributed by atoms with van der Waals surface area (Å²) in [5.74, 6) is 0.819. The topological polar surface area (TPSA) is 74.2 Å². The molecule has 0 aliphatic carbocycles. The molecule has 26 heavy (non-hydrogen) atoms. The van der Waals surface area contributed by atoms with Gasteiger partial charge in [-0.2, -0.15) is 10.2 Å². The van der Waals surface area contributed by atoms with Gasteiger partial charge in [-0.05, 0) is 31.5 Å². The monoisotopic (exact) mass is 356 g/mol. The minimum absolute atomic E-state index is 0.0115. The molecule has 0 amide bonds. The van der Waals surface area contributed by atoms with Crippen LogP contribution in [0.3, 0.4) is 0 Å². The second-order valence-electron chi connectivity index (χ2n) is 6.64. The molecule has 0 unspecified atom stereocenters. The van der Waals surface area contributed by atoms with Crippen molar-refractivity contribution in [3.05, 3.63) is 30.6 Å². The quantitative estimate of drug-likeness (QED) is 0.725. The van der Waals surface area contributed by atoms with Crippen LogP contribution in [0.25, 0.3) is 22.2 Å². The third kappa shape index (κ3) is 3.45. The summed E-state index contributed by atoms with van der Waals surface area (Å²) in [6, 6.07) is 6.14. The molecule has 0 saturated carbocycles. The van der Waals surface area contributed by atoms with Gasteiger partial charge in [-0.25, -0.2) is 0 Å². The summed E-state index contributed by atoms with van der Waals surface area (Å²) in [5, 5.41) is 13.1. The number of rotatable bonds is 1. The fourth-order valence-electron chi connectivity index (χ4n) is 3.08. The third-order valence-electron chi connectivity index (χ3n) is 4.65. The molecule has 0 radical (unpaired) electrons. The van der Waals surface area contributed by atoms with Crippen LogP contribution < -0.4 is 4.74 Å². The van der Waals surface area contributed by atoms with E-state index >= 15 is 0 Å². The second-order valence-corrected chi connectivity index (χ2v) is 6.64. The highest BCUT2D eigenvalue weighted by Gasteiger charge is 2.15. The molecule has 1 aliphatic heterocycles. The Bertz CT molecular complexity index is 873. The van der Waals surface area contributed by atoms with Crippen LogP contribution in [0, 0.1) is 0 Å². The van der Waals surface area contributed by atoms with Gasteiger partial charge in [-0.3, -0.25) is 9.78 Å². The average Bonchev–Trinajstić information content (AvgIpc) is 3.29. The van der Waals surface area contributed by atoms with Crippen molar-refractivity contribution in [3.63, 3.8) is 0 Å². The molecule has 7 nitrogen and oxygen atoms in total. The number of aromatic amines is 1. The molecule has 1 aromatic carbocycles. The lowest BCUT2D eigenvalue weighted by Crippen LogP contribution is -2.23. The maximum atomic E-state index is 6.12. The van der Waals surface area contributed by atoms with Crippen LogP contribution in [-0.2, 0) is 9.47 Å². The van der Waals surface area contributed by atoms with Gasteiger partial charge in [0, 0.05) is 17.1 Å². The van der Waals surface area contributed by atoms with Crippen molar-refractivity contribution >= 4 is 10.9 Å². The first-order valence-corrected chi connectivity index (χ1v) is 9.09. The van der Waals surface area contributed by atoms with E-state index in [-0.39, 0.29) is 12.1 Å². The van der Waals surface area contributed by atoms with E-state index in [9.17, 15) is 0 Å². The highest BCUT2D eigenvalue weighted by atomic mass is 16.5. The summed E-state index contributed by atoms with van der Waals surface area (Å²) in [6.45, 7) is 6.44. The van der Waals surface area contributed by atoms with Crippen LogP contribution in [0.5, 0.6) is 5.75 Å². The van der Waals surface area contributed by atoms with E-state index in [4.69, 9.17) is 14.2 Å². The summed E-state index contributed by atoms with van der Waals surface area (Å²) < 4.78 is 19.5. The second kappa shape index (κ2) is 7.47. The van der Waals surface area contributed by atoms with Gasteiger partial charge in [-0.1, -0.05) is 6.92 Å². The molecule has 1 aliphatic rings. The van der Waals surface area contributed by atoms with Crippen molar-refractivity contribution in [2.24, 2.45) is 0 Å². The molecular weight excluding hydrogens is 332 g/mol. The summed E-state index contributed by atoms with van der Waals surface area (Å²) in [5.41, 5.74) is 2.82. The molecule has 0 spiro atoms. The first-order valence-electron chi connectivity index (χ1n) is 9.09. The van der Waals surface area contributed by atoms with Gasteiger partial charge < -0.3 is 14.2 Å². The van der Waals surface area contributed by atoms with E-state index in [1.54, 1.807) is 0 Å². The Labute approximate surface area is 152 Å². The van der Waals surface area contributed by atoms with Crippen LogP contribution in [0.15, 0.2) is 30.6 Å². The maximum absolute atomic E-state index is 6.12. The van der Waals surface area contributed by atoms with Crippen LogP contribution in [0.1, 0.15) is 26.3 Å². The molecule has 7 heteroatoms. The molecule has 4 rings (SSSR count). The molecular formula is C19H24N4O3. The van der Waals surface area contributed by atoms with Gasteiger partial charge in [0.15, 0.2) is 0 Å². The van der Waals surface area contributed by atoms with Crippen LogP contribution >= 0.6 is 0 Å². The zero-order valence-corrected chi connectivity index (χ0v) is 15.1. The number of ether oxygens (including phenoxy) is 3. The van der Waals surface area contributed by atoms with Crippen molar-refractivity contribution < 1.29 is 14.2 Å². The molecule has 2 aromatic heterocycles. The van der Waals surface area contributed by atoms with E-state index in [0.29, 0.717) is 26.4 Å². The van der Waals surface area contributed by atoms with E-state index in [1.165, 1.54) is 0 Å². The maximum Gasteiger partial charge on any atom is 0.122 e. The van der Waals surface area contributed by atoms with Gasteiger partial charge in [-0.15, -0.1) is 0 Å². The molecule has 0 saturated heterocycles. The van der Waals surface area contributed by atoms with E-state index in [2.05, 4.69) is 29.1 Å². The predicted molar refractivity (Wildman–Crippen MR) is 98.4 cm³/mol. The lowest BCUT2D eigenvalue weighted by molar-refractivity contribution is 0.00487. The Morgan fingerprint density at radius 1 is 1.23 bits per heavy atom. The Morgan fingerprint density at radius 2 is 2.08 bits per heavy atom. The zero-order valence-electron chi connectivity index (χ0n) is 15.1. The molecule has 3 heterocycles. The summed E-state index contributed by atoms with van der Waals surface area (Å²) in [4.78, 5) is 0. The Kier molecular flexibility index (Phi) is 4.90. The van der Waals surface area contributed by atoms with Gasteiger partial charge in [0.1, 0.15) is 17.5 Å². The Balaban J connectivity index is 1.73. The normalized spacial score (nSPS) is 21.8. The largest absolute Gasteiger partial charge is 0.488 e. The molecule has 138 valence electrons. The van der Waals surface area contributed by atoms with Crippen molar-refractivity contribution in [1.82, 2.24) is 20.0 Å². The number of fused-ring (bicyclic) bond motifs is 4. The lowest BCUT2D eigenvalue weighted by atomic mass is 10.1. The Hall–Kier alpha value is -2.38. The molecule has 2 atom stereocenters. The number of nitrogens with one attached hydrogen (secondary N) is 1. The highest BCUT2D eigenvalue weighted by molar-refractivity contribution is 5.93. The van der Waals surface area contributed by atoms with Gasteiger partial charge in [0.2, 0.25) is 0 Å². The van der Waals surface area contributed by atoms with Crippen LogP contribution in [0.2, 0.25) is 0 Å². The first-order chi connectivity index (χ1) is 12.7. The Morgan fingerprint density at radius 3 is 2.92 bits per heavy atom. The SMILES string of the molecule is CC[C@H]1COCCOC[C@H](C)n2cc(cn2)-c2n[nH]c3ccc(cc23)O1. The van der Waals surface area contributed by atoms with Crippen molar-refractivity contribution in [2.45, 2.75) is 32.4 Å². The minimum atomic E-state index is 0.0115. The van der Waals surface area contributed by atoms with Gasteiger partial charge in [0.05, 0.1) is 44.2 Å². The predicted octanol–water partition coefficient (Wildman–Crippen LogP) is 3.19. The lowest BCUT2D eigenvalue weighted by Gasteiger charge is -2.18. The fourth-order valence-corrected chi connectivity index (χ4v) is 3.08. The highest BCUT2D eigenvalue weighted by Crippen LogP contribution is 2.30.